The first-order chi connectivity index (χ1) is 9.26. The van der Waals surface area contributed by atoms with Crippen molar-refractivity contribution in [1.82, 2.24) is 14.9 Å². The van der Waals surface area contributed by atoms with Gasteiger partial charge in [0.05, 0.1) is 12.4 Å². The number of nitrogens with two attached hydrogens (primary N) is 1. The standard InChI is InChI=1S/C12H19N5O2/c13-16-11-8-14-7-10(15-11)12(19)17-5-1-3-9(17)4-2-6-18/h7-9,18H,1-6,13H2,(H,15,16). The van der Waals surface area contributed by atoms with Crippen LogP contribution in [0, 0.1) is 0 Å². The molecule has 1 saturated heterocycles. The first-order valence-electron chi connectivity index (χ1n) is 6.46. The molecular formula is C12H19N5O2. The largest absolute Gasteiger partial charge is 0.396 e. The molecule has 1 amide bonds. The van der Waals surface area contributed by atoms with Gasteiger partial charge >= 0.3 is 0 Å². The van der Waals surface area contributed by atoms with Crippen molar-refractivity contribution < 1.29 is 9.90 Å². The van der Waals surface area contributed by atoms with Gasteiger partial charge in [-0.05, 0) is 25.7 Å². The zero-order valence-electron chi connectivity index (χ0n) is 10.7. The number of hydrogen-bond acceptors (Lipinski definition) is 6. The number of anilines is 1. The Kier molecular flexibility index (Phi) is 4.64. The summed E-state index contributed by atoms with van der Waals surface area (Å²) in [6.07, 6.45) is 6.42. The topological polar surface area (TPSA) is 104 Å². The third kappa shape index (κ3) is 3.18. The maximum atomic E-state index is 12.4. The molecule has 0 aliphatic carbocycles. The third-order valence-corrected chi connectivity index (χ3v) is 3.34. The number of amides is 1. The second-order valence-corrected chi connectivity index (χ2v) is 4.59. The summed E-state index contributed by atoms with van der Waals surface area (Å²) in [5.74, 6) is 5.51. The lowest BCUT2D eigenvalue weighted by atomic mass is 10.1. The highest BCUT2D eigenvalue weighted by atomic mass is 16.3. The molecule has 0 spiro atoms. The van der Waals surface area contributed by atoms with E-state index in [0.29, 0.717) is 17.9 Å². The van der Waals surface area contributed by atoms with E-state index in [1.807, 2.05) is 4.90 Å². The van der Waals surface area contributed by atoms with Gasteiger partial charge in [0, 0.05) is 19.2 Å². The van der Waals surface area contributed by atoms with Gasteiger partial charge in [-0.1, -0.05) is 0 Å². The van der Waals surface area contributed by atoms with E-state index >= 15 is 0 Å². The summed E-state index contributed by atoms with van der Waals surface area (Å²) in [4.78, 5) is 22.3. The number of nitrogens with one attached hydrogen (secondary N) is 1. The Bertz CT molecular complexity index is 440. The molecule has 1 aliphatic heterocycles. The van der Waals surface area contributed by atoms with Crippen LogP contribution in [-0.4, -0.2) is 45.1 Å². The Labute approximate surface area is 111 Å². The van der Waals surface area contributed by atoms with Crippen molar-refractivity contribution in [2.75, 3.05) is 18.6 Å². The summed E-state index contributed by atoms with van der Waals surface area (Å²) in [7, 11) is 0. The number of likely N-dealkylation sites (tertiary alicyclic amines) is 1. The van der Waals surface area contributed by atoms with Crippen molar-refractivity contribution in [3.8, 4) is 0 Å². The van der Waals surface area contributed by atoms with Crippen LogP contribution in [0.25, 0.3) is 0 Å². The number of hydrogen-bond donors (Lipinski definition) is 3. The van der Waals surface area contributed by atoms with Crippen LogP contribution in [0.1, 0.15) is 36.2 Å². The van der Waals surface area contributed by atoms with E-state index in [1.54, 1.807) is 0 Å². The van der Waals surface area contributed by atoms with E-state index in [-0.39, 0.29) is 18.6 Å². The molecule has 1 aromatic rings. The van der Waals surface area contributed by atoms with Gasteiger partial charge in [-0.3, -0.25) is 9.78 Å². The van der Waals surface area contributed by atoms with E-state index < -0.39 is 0 Å². The predicted octanol–water partition coefficient (Wildman–Crippen LogP) is 0.139. The molecule has 0 saturated carbocycles. The van der Waals surface area contributed by atoms with Crippen LogP contribution in [0.5, 0.6) is 0 Å². The van der Waals surface area contributed by atoms with Gasteiger partial charge in [-0.25, -0.2) is 10.8 Å². The third-order valence-electron chi connectivity index (χ3n) is 3.34. The summed E-state index contributed by atoms with van der Waals surface area (Å²) in [6, 6.07) is 0.191. The fraction of sp³-hybridized carbons (Fsp3) is 0.583. The van der Waals surface area contributed by atoms with Crippen molar-refractivity contribution in [1.29, 1.82) is 0 Å². The first-order valence-corrected chi connectivity index (χ1v) is 6.46. The van der Waals surface area contributed by atoms with Crippen LogP contribution in [0.15, 0.2) is 12.4 Å². The van der Waals surface area contributed by atoms with Gasteiger partial charge in [-0.15, -0.1) is 0 Å². The summed E-state index contributed by atoms with van der Waals surface area (Å²) in [5, 5.41) is 8.89. The van der Waals surface area contributed by atoms with Crippen LogP contribution < -0.4 is 11.3 Å². The number of aliphatic hydroxyl groups is 1. The molecule has 1 aromatic heterocycles. The van der Waals surface area contributed by atoms with E-state index in [9.17, 15) is 4.79 Å². The van der Waals surface area contributed by atoms with Crippen molar-refractivity contribution in [2.24, 2.45) is 5.84 Å². The Morgan fingerprint density at radius 1 is 1.58 bits per heavy atom. The second kappa shape index (κ2) is 6.44. The number of rotatable bonds is 5. The predicted molar refractivity (Wildman–Crippen MR) is 70.2 cm³/mol. The van der Waals surface area contributed by atoms with Crippen LogP contribution in [-0.2, 0) is 0 Å². The molecule has 4 N–H and O–H groups in total. The minimum Gasteiger partial charge on any atom is -0.396 e. The molecule has 0 bridgehead atoms. The summed E-state index contributed by atoms with van der Waals surface area (Å²) < 4.78 is 0. The van der Waals surface area contributed by atoms with Gasteiger partial charge in [0.15, 0.2) is 5.82 Å². The molecule has 1 atom stereocenters. The van der Waals surface area contributed by atoms with Crippen LogP contribution in [0.3, 0.4) is 0 Å². The van der Waals surface area contributed by atoms with Crippen LogP contribution >= 0.6 is 0 Å². The lowest BCUT2D eigenvalue weighted by Gasteiger charge is -2.24. The molecule has 19 heavy (non-hydrogen) atoms. The summed E-state index contributed by atoms with van der Waals surface area (Å²) in [6.45, 7) is 0.891. The lowest BCUT2D eigenvalue weighted by molar-refractivity contribution is 0.0718. The minimum atomic E-state index is -0.120. The quantitative estimate of drug-likeness (QED) is 0.516. The van der Waals surface area contributed by atoms with Crippen molar-refractivity contribution in [2.45, 2.75) is 31.7 Å². The SMILES string of the molecule is NNc1cncc(C(=O)N2CCCC2CCCO)n1. The number of aromatic nitrogens is 2. The minimum absolute atomic E-state index is 0.120. The van der Waals surface area contributed by atoms with Crippen LogP contribution in [0.4, 0.5) is 5.82 Å². The van der Waals surface area contributed by atoms with Gasteiger partial charge in [-0.2, -0.15) is 0 Å². The molecule has 0 radical (unpaired) electrons. The highest BCUT2D eigenvalue weighted by molar-refractivity contribution is 5.92. The molecule has 1 fully saturated rings. The molecular weight excluding hydrogens is 246 g/mol. The van der Waals surface area contributed by atoms with Crippen molar-refractivity contribution in [3.05, 3.63) is 18.1 Å². The average Bonchev–Trinajstić information content (AvgIpc) is 2.92. The highest BCUT2D eigenvalue weighted by Gasteiger charge is 2.29. The zero-order chi connectivity index (χ0) is 13.7. The molecule has 2 heterocycles. The lowest BCUT2D eigenvalue weighted by Crippen LogP contribution is -2.36. The van der Waals surface area contributed by atoms with E-state index in [4.69, 9.17) is 10.9 Å². The van der Waals surface area contributed by atoms with Gasteiger partial charge < -0.3 is 15.4 Å². The Morgan fingerprint density at radius 2 is 2.42 bits per heavy atom. The van der Waals surface area contributed by atoms with E-state index in [0.717, 1.165) is 25.8 Å². The van der Waals surface area contributed by atoms with E-state index in [2.05, 4.69) is 15.4 Å². The number of aliphatic hydroxyl groups excluding tert-OH is 1. The maximum absolute atomic E-state index is 12.4. The number of nitrogen functional groups attached to an aromatic ring is 1. The molecule has 7 heteroatoms. The molecule has 0 aromatic carbocycles. The molecule has 1 aliphatic rings. The number of hydrazine groups is 1. The molecule has 7 nitrogen and oxygen atoms in total. The first kappa shape index (κ1) is 13.7. The summed E-state index contributed by atoms with van der Waals surface area (Å²) >= 11 is 0. The Balaban J connectivity index is 2.09. The second-order valence-electron chi connectivity index (χ2n) is 4.59. The number of nitrogens with zero attached hydrogens (tertiary/aromatic N) is 3. The number of carbonyl (C=O) groups is 1. The van der Waals surface area contributed by atoms with Gasteiger partial charge in [0.2, 0.25) is 0 Å². The van der Waals surface area contributed by atoms with Gasteiger partial charge in [0.1, 0.15) is 5.69 Å². The highest BCUT2D eigenvalue weighted by Crippen LogP contribution is 2.23. The monoisotopic (exact) mass is 265 g/mol. The zero-order valence-corrected chi connectivity index (χ0v) is 10.7. The smallest absolute Gasteiger partial charge is 0.274 e. The van der Waals surface area contributed by atoms with Crippen LogP contribution in [0.2, 0.25) is 0 Å². The molecule has 104 valence electrons. The van der Waals surface area contributed by atoms with E-state index in [1.165, 1.54) is 12.4 Å². The normalized spacial score (nSPS) is 18.6. The average molecular weight is 265 g/mol. The number of carbonyl (C=O) groups excluding carboxylic acids is 1. The van der Waals surface area contributed by atoms with Crippen molar-refractivity contribution >= 4 is 11.7 Å². The fourth-order valence-electron chi connectivity index (χ4n) is 2.42. The fourth-order valence-corrected chi connectivity index (χ4v) is 2.42. The molecule has 1 unspecified atom stereocenters. The Morgan fingerprint density at radius 3 is 3.16 bits per heavy atom. The van der Waals surface area contributed by atoms with Crippen molar-refractivity contribution in [3.63, 3.8) is 0 Å². The molecule has 2 rings (SSSR count). The Hall–Kier alpha value is -1.73. The summed E-state index contributed by atoms with van der Waals surface area (Å²) in [5.41, 5.74) is 2.68. The maximum Gasteiger partial charge on any atom is 0.274 e. The van der Waals surface area contributed by atoms with Gasteiger partial charge in [0.25, 0.3) is 5.91 Å².